The summed E-state index contributed by atoms with van der Waals surface area (Å²) in [5.41, 5.74) is 3.87. The maximum atomic E-state index is 9.61. The zero-order valence-electron chi connectivity index (χ0n) is 10.5. The zero-order valence-corrected chi connectivity index (χ0v) is 11.3. The van der Waals surface area contributed by atoms with Crippen molar-refractivity contribution in [2.75, 3.05) is 6.61 Å². The molecule has 96 valence electrons. The Morgan fingerprint density at radius 1 is 1.06 bits per heavy atom. The van der Waals surface area contributed by atoms with Crippen molar-refractivity contribution in [2.24, 2.45) is 11.8 Å². The summed E-state index contributed by atoms with van der Waals surface area (Å²) in [5, 5.41) is 10.4. The second-order valence-corrected chi connectivity index (χ2v) is 6.04. The fourth-order valence-corrected chi connectivity index (χ4v) is 3.76. The summed E-state index contributed by atoms with van der Waals surface area (Å²) in [6.07, 6.45) is 6.31. The minimum atomic E-state index is 0.210. The number of aliphatic hydroxyl groups is 1. The number of hydrogen-bond acceptors (Lipinski definition) is 1. The van der Waals surface area contributed by atoms with E-state index in [-0.39, 0.29) is 6.61 Å². The van der Waals surface area contributed by atoms with Crippen molar-refractivity contribution in [3.05, 3.63) is 40.4 Å². The van der Waals surface area contributed by atoms with Crippen molar-refractivity contribution >= 4 is 17.2 Å². The maximum absolute atomic E-state index is 9.61. The van der Waals surface area contributed by atoms with E-state index in [4.69, 9.17) is 11.6 Å². The van der Waals surface area contributed by atoms with Gasteiger partial charge in [0.2, 0.25) is 0 Å². The van der Waals surface area contributed by atoms with Crippen LogP contribution in [0.5, 0.6) is 0 Å². The standard InChI is InChI=1S/C16H19ClO/c17-15-6-4-11(5-7-15)16-9-13-3-1-2-12(13)8-14(16)10-18/h4-7,12-13,18H,1-3,8-10H2. The summed E-state index contributed by atoms with van der Waals surface area (Å²) >= 11 is 5.94. The summed E-state index contributed by atoms with van der Waals surface area (Å²) < 4.78 is 0. The largest absolute Gasteiger partial charge is 0.392 e. The van der Waals surface area contributed by atoms with Crippen LogP contribution >= 0.6 is 11.6 Å². The van der Waals surface area contributed by atoms with E-state index < -0.39 is 0 Å². The molecule has 0 amide bonds. The Balaban J connectivity index is 1.94. The van der Waals surface area contributed by atoms with Gasteiger partial charge in [0, 0.05) is 5.02 Å². The van der Waals surface area contributed by atoms with Gasteiger partial charge in [-0.05, 0) is 66.4 Å². The van der Waals surface area contributed by atoms with Crippen LogP contribution in [0.2, 0.25) is 5.02 Å². The molecule has 0 heterocycles. The normalized spacial score (nSPS) is 27.4. The minimum Gasteiger partial charge on any atom is -0.392 e. The van der Waals surface area contributed by atoms with Crippen molar-refractivity contribution in [1.29, 1.82) is 0 Å². The van der Waals surface area contributed by atoms with E-state index in [9.17, 15) is 5.11 Å². The van der Waals surface area contributed by atoms with Gasteiger partial charge in [-0.1, -0.05) is 30.2 Å². The lowest BCUT2D eigenvalue weighted by Crippen LogP contribution is -2.18. The highest BCUT2D eigenvalue weighted by Crippen LogP contribution is 2.47. The Hall–Kier alpha value is -0.790. The first-order valence-electron chi connectivity index (χ1n) is 6.85. The molecule has 1 saturated carbocycles. The summed E-state index contributed by atoms with van der Waals surface area (Å²) in [6.45, 7) is 0.210. The van der Waals surface area contributed by atoms with Gasteiger partial charge in [0.1, 0.15) is 0 Å². The maximum Gasteiger partial charge on any atom is 0.0647 e. The van der Waals surface area contributed by atoms with Gasteiger partial charge in [-0.2, -0.15) is 0 Å². The van der Waals surface area contributed by atoms with Gasteiger partial charge in [0.05, 0.1) is 6.61 Å². The van der Waals surface area contributed by atoms with E-state index in [0.29, 0.717) is 0 Å². The average molecular weight is 263 g/mol. The Morgan fingerprint density at radius 2 is 1.72 bits per heavy atom. The highest BCUT2D eigenvalue weighted by molar-refractivity contribution is 6.30. The van der Waals surface area contributed by atoms with Crippen LogP contribution in [-0.4, -0.2) is 11.7 Å². The van der Waals surface area contributed by atoms with Crippen LogP contribution in [0.3, 0.4) is 0 Å². The van der Waals surface area contributed by atoms with Crippen molar-refractivity contribution in [3.8, 4) is 0 Å². The van der Waals surface area contributed by atoms with E-state index in [0.717, 1.165) is 29.7 Å². The number of hydrogen-bond donors (Lipinski definition) is 1. The highest BCUT2D eigenvalue weighted by Gasteiger charge is 2.33. The van der Waals surface area contributed by atoms with Crippen molar-refractivity contribution in [2.45, 2.75) is 32.1 Å². The monoisotopic (exact) mass is 262 g/mol. The van der Waals surface area contributed by atoms with Gasteiger partial charge in [-0.15, -0.1) is 0 Å². The van der Waals surface area contributed by atoms with E-state index >= 15 is 0 Å². The van der Waals surface area contributed by atoms with Crippen LogP contribution in [0.15, 0.2) is 29.8 Å². The molecule has 3 rings (SSSR count). The second kappa shape index (κ2) is 5.07. The van der Waals surface area contributed by atoms with Crippen LogP contribution in [0.1, 0.15) is 37.7 Å². The van der Waals surface area contributed by atoms with Crippen molar-refractivity contribution in [1.82, 2.24) is 0 Å². The van der Waals surface area contributed by atoms with Crippen LogP contribution in [-0.2, 0) is 0 Å². The number of allylic oxidation sites excluding steroid dienone is 1. The molecule has 0 bridgehead atoms. The van der Waals surface area contributed by atoms with Gasteiger partial charge in [-0.25, -0.2) is 0 Å². The number of fused-ring (bicyclic) bond motifs is 1. The molecule has 0 radical (unpaired) electrons. The third-order valence-corrected chi connectivity index (χ3v) is 4.85. The third-order valence-electron chi connectivity index (χ3n) is 4.60. The third kappa shape index (κ3) is 2.22. The van der Waals surface area contributed by atoms with Gasteiger partial charge < -0.3 is 5.11 Å². The molecule has 2 unspecified atom stereocenters. The van der Waals surface area contributed by atoms with Crippen molar-refractivity contribution < 1.29 is 5.11 Å². The molecule has 2 aliphatic carbocycles. The summed E-state index contributed by atoms with van der Waals surface area (Å²) in [4.78, 5) is 0. The lowest BCUT2D eigenvalue weighted by Gasteiger charge is -2.30. The highest BCUT2D eigenvalue weighted by atomic mass is 35.5. The molecule has 0 aromatic heterocycles. The van der Waals surface area contributed by atoms with E-state index in [2.05, 4.69) is 12.1 Å². The van der Waals surface area contributed by atoms with Crippen LogP contribution in [0.25, 0.3) is 5.57 Å². The summed E-state index contributed by atoms with van der Waals surface area (Å²) in [6, 6.07) is 8.06. The minimum absolute atomic E-state index is 0.210. The number of rotatable bonds is 2. The first-order chi connectivity index (χ1) is 8.78. The fourth-order valence-electron chi connectivity index (χ4n) is 3.63. The zero-order chi connectivity index (χ0) is 12.5. The molecule has 1 fully saturated rings. The molecular weight excluding hydrogens is 244 g/mol. The van der Waals surface area contributed by atoms with E-state index in [1.807, 2.05) is 12.1 Å². The molecule has 2 aliphatic rings. The molecule has 0 spiro atoms. The molecule has 1 nitrogen and oxygen atoms in total. The van der Waals surface area contributed by atoms with Gasteiger partial charge in [-0.3, -0.25) is 0 Å². The Morgan fingerprint density at radius 3 is 2.39 bits per heavy atom. The second-order valence-electron chi connectivity index (χ2n) is 5.61. The van der Waals surface area contributed by atoms with E-state index in [1.165, 1.54) is 36.0 Å². The molecule has 1 N–H and O–H groups in total. The van der Waals surface area contributed by atoms with Crippen molar-refractivity contribution in [3.63, 3.8) is 0 Å². The summed E-state index contributed by atoms with van der Waals surface area (Å²) in [7, 11) is 0. The predicted molar refractivity (Wildman–Crippen MR) is 75.5 cm³/mol. The molecule has 0 saturated heterocycles. The Bertz CT molecular complexity index is 460. The fraction of sp³-hybridized carbons (Fsp3) is 0.500. The van der Waals surface area contributed by atoms with Crippen LogP contribution < -0.4 is 0 Å². The molecule has 1 aromatic carbocycles. The Kier molecular flexibility index (Phi) is 3.45. The number of benzene rings is 1. The molecule has 2 atom stereocenters. The lowest BCUT2D eigenvalue weighted by molar-refractivity contribution is 0.298. The smallest absolute Gasteiger partial charge is 0.0647 e. The quantitative estimate of drug-likeness (QED) is 0.843. The molecule has 18 heavy (non-hydrogen) atoms. The molecule has 1 aromatic rings. The molecule has 0 aliphatic heterocycles. The first kappa shape index (κ1) is 12.3. The first-order valence-corrected chi connectivity index (χ1v) is 7.23. The van der Waals surface area contributed by atoms with Crippen LogP contribution in [0, 0.1) is 11.8 Å². The average Bonchev–Trinajstić information content (AvgIpc) is 2.85. The Labute approximate surface area is 113 Å². The topological polar surface area (TPSA) is 20.2 Å². The van der Waals surface area contributed by atoms with E-state index in [1.54, 1.807) is 0 Å². The lowest BCUT2D eigenvalue weighted by atomic mass is 9.76. The SMILES string of the molecule is OCC1=C(c2ccc(Cl)cc2)CC2CCCC2C1. The van der Waals surface area contributed by atoms with Gasteiger partial charge >= 0.3 is 0 Å². The molecule has 2 heteroatoms. The van der Waals surface area contributed by atoms with Crippen LogP contribution in [0.4, 0.5) is 0 Å². The van der Waals surface area contributed by atoms with Gasteiger partial charge in [0.25, 0.3) is 0 Å². The number of aliphatic hydroxyl groups excluding tert-OH is 1. The number of halogens is 1. The molecular formula is C16H19ClO. The summed E-state index contributed by atoms with van der Waals surface area (Å²) in [5.74, 6) is 1.66. The predicted octanol–water partition coefficient (Wildman–Crippen LogP) is 4.30. The van der Waals surface area contributed by atoms with Gasteiger partial charge in [0.15, 0.2) is 0 Å².